The number of hydrazine groups is 1. The number of amides is 1. The molecule has 0 bridgehead atoms. The Labute approximate surface area is 163 Å². The lowest BCUT2D eigenvalue weighted by Gasteiger charge is -2.37. The highest BCUT2D eigenvalue weighted by Gasteiger charge is 2.30. The number of carbonyl (C=O) groups excluding carboxylic acids is 1. The second-order valence-electron chi connectivity index (χ2n) is 6.47. The summed E-state index contributed by atoms with van der Waals surface area (Å²) in [7, 11) is 0. The molecule has 1 unspecified atom stereocenters. The maximum Gasteiger partial charge on any atom is 0.264 e. The van der Waals surface area contributed by atoms with Crippen LogP contribution in [0.1, 0.15) is 18.4 Å². The molecule has 0 saturated carbocycles. The Morgan fingerprint density at radius 1 is 1.22 bits per heavy atom. The van der Waals surface area contributed by atoms with Gasteiger partial charge in [-0.2, -0.15) is 5.26 Å². The number of benzene rings is 2. The zero-order valence-corrected chi connectivity index (χ0v) is 15.6. The normalized spacial score (nSPS) is 15.1. The van der Waals surface area contributed by atoms with Crippen LogP contribution >= 0.6 is 11.6 Å². The van der Waals surface area contributed by atoms with Gasteiger partial charge in [0, 0.05) is 23.7 Å². The lowest BCUT2D eigenvalue weighted by Crippen LogP contribution is -2.53. The Morgan fingerprint density at radius 2 is 1.96 bits per heavy atom. The van der Waals surface area contributed by atoms with Gasteiger partial charge in [-0.15, -0.1) is 0 Å². The van der Waals surface area contributed by atoms with Crippen molar-refractivity contribution in [3.05, 3.63) is 59.1 Å². The number of phenolic OH excluding ortho intramolecular Hbond substituents is 1. The fourth-order valence-corrected chi connectivity index (χ4v) is 3.32. The molecule has 1 atom stereocenters. The molecule has 3 rings (SSSR count). The first-order valence-corrected chi connectivity index (χ1v) is 9.23. The van der Waals surface area contributed by atoms with Gasteiger partial charge < -0.3 is 10.4 Å². The van der Waals surface area contributed by atoms with Gasteiger partial charge in [0.2, 0.25) is 0 Å². The van der Waals surface area contributed by atoms with E-state index in [9.17, 15) is 15.2 Å². The highest BCUT2D eigenvalue weighted by atomic mass is 35.5. The molecular formula is C20H21ClN4O2. The lowest BCUT2D eigenvalue weighted by atomic mass is 10.0. The Hall–Kier alpha value is -2.91. The van der Waals surface area contributed by atoms with Gasteiger partial charge in [-0.1, -0.05) is 29.8 Å². The van der Waals surface area contributed by atoms with Crippen molar-refractivity contribution in [3.63, 3.8) is 0 Å². The smallest absolute Gasteiger partial charge is 0.264 e. The molecule has 6 nitrogen and oxygen atoms in total. The largest absolute Gasteiger partial charge is 0.508 e. The quantitative estimate of drug-likeness (QED) is 0.772. The predicted octanol–water partition coefficient (Wildman–Crippen LogP) is 3.39. The molecule has 27 heavy (non-hydrogen) atoms. The van der Waals surface area contributed by atoms with E-state index < -0.39 is 6.04 Å². The molecule has 2 aromatic rings. The minimum atomic E-state index is -0.568. The number of carbonyl (C=O) groups is 1. The number of hydrogen-bond donors (Lipinski definition) is 2. The van der Waals surface area contributed by atoms with Crippen molar-refractivity contribution >= 4 is 23.2 Å². The number of nitrogens with one attached hydrogen (secondary N) is 1. The van der Waals surface area contributed by atoms with Gasteiger partial charge >= 0.3 is 0 Å². The Balaban J connectivity index is 1.84. The molecule has 1 aliphatic heterocycles. The fourth-order valence-electron chi connectivity index (χ4n) is 3.12. The maximum absolute atomic E-state index is 13.2. The average Bonchev–Trinajstić information content (AvgIpc) is 2.68. The number of anilines is 1. The second kappa shape index (κ2) is 8.65. The van der Waals surface area contributed by atoms with Crippen LogP contribution in [0.25, 0.3) is 0 Å². The van der Waals surface area contributed by atoms with Crippen LogP contribution in [-0.2, 0) is 11.2 Å². The van der Waals surface area contributed by atoms with E-state index in [-0.39, 0.29) is 11.7 Å². The standard InChI is InChI=1S/C20H21ClN4O2/c21-16-4-3-5-17(13-16)23-19(12-15-6-8-18(26)9-7-15)20(27)25-11-2-1-10-24(25)14-22/h3-9,13,19,23,26H,1-2,10-12H2. The van der Waals surface area contributed by atoms with Gasteiger partial charge in [0.1, 0.15) is 11.8 Å². The first-order chi connectivity index (χ1) is 13.1. The first-order valence-electron chi connectivity index (χ1n) is 8.85. The summed E-state index contributed by atoms with van der Waals surface area (Å²) < 4.78 is 0. The van der Waals surface area contributed by atoms with Crippen LogP contribution < -0.4 is 5.32 Å². The summed E-state index contributed by atoms with van der Waals surface area (Å²) in [5.41, 5.74) is 1.64. The molecule has 0 aliphatic carbocycles. The number of aromatic hydroxyl groups is 1. The van der Waals surface area contributed by atoms with E-state index in [1.54, 1.807) is 36.4 Å². The first kappa shape index (κ1) is 18.9. The molecule has 0 spiro atoms. The van der Waals surface area contributed by atoms with Crippen molar-refractivity contribution in [1.29, 1.82) is 5.26 Å². The number of nitriles is 1. The third-order valence-corrected chi connectivity index (χ3v) is 4.73. The van der Waals surface area contributed by atoms with Crippen LogP contribution in [0, 0.1) is 11.5 Å². The van der Waals surface area contributed by atoms with Gasteiger partial charge in [0.05, 0.1) is 6.54 Å². The Morgan fingerprint density at radius 3 is 2.67 bits per heavy atom. The van der Waals surface area contributed by atoms with Gasteiger partial charge in [0.15, 0.2) is 6.19 Å². The summed E-state index contributed by atoms with van der Waals surface area (Å²) in [6, 6.07) is 13.4. The van der Waals surface area contributed by atoms with Crippen molar-refractivity contribution in [3.8, 4) is 11.9 Å². The van der Waals surface area contributed by atoms with E-state index in [2.05, 4.69) is 11.5 Å². The van der Waals surface area contributed by atoms with E-state index in [0.29, 0.717) is 24.5 Å². The van der Waals surface area contributed by atoms with Crippen molar-refractivity contribution in [2.75, 3.05) is 18.4 Å². The lowest BCUT2D eigenvalue weighted by molar-refractivity contribution is -0.147. The molecular weight excluding hydrogens is 364 g/mol. The third kappa shape index (κ3) is 4.83. The van der Waals surface area contributed by atoms with Crippen molar-refractivity contribution in [2.24, 2.45) is 0 Å². The number of phenols is 1. The number of hydrogen-bond acceptors (Lipinski definition) is 5. The molecule has 0 radical (unpaired) electrons. The summed E-state index contributed by atoms with van der Waals surface area (Å²) in [5.74, 6) is 0.0143. The summed E-state index contributed by atoms with van der Waals surface area (Å²) >= 11 is 6.07. The molecule has 1 heterocycles. The van der Waals surface area contributed by atoms with Crippen LogP contribution in [0.4, 0.5) is 5.69 Å². The van der Waals surface area contributed by atoms with Crippen LogP contribution in [0.3, 0.4) is 0 Å². The maximum atomic E-state index is 13.2. The molecule has 140 valence electrons. The minimum Gasteiger partial charge on any atom is -0.508 e. The second-order valence-corrected chi connectivity index (χ2v) is 6.91. The monoisotopic (exact) mass is 384 g/mol. The zero-order chi connectivity index (χ0) is 19.2. The summed E-state index contributed by atoms with van der Waals surface area (Å²) in [6.45, 7) is 1.07. The van der Waals surface area contributed by atoms with Gasteiger partial charge in [-0.05, 0) is 48.7 Å². The Kier molecular flexibility index (Phi) is 6.05. The Bertz CT molecular complexity index is 835. The molecule has 1 aliphatic rings. The predicted molar refractivity (Wildman–Crippen MR) is 104 cm³/mol. The van der Waals surface area contributed by atoms with E-state index in [1.165, 1.54) is 10.0 Å². The van der Waals surface area contributed by atoms with Crippen LogP contribution in [-0.4, -0.2) is 40.2 Å². The van der Waals surface area contributed by atoms with Crippen LogP contribution in [0.15, 0.2) is 48.5 Å². The van der Waals surface area contributed by atoms with E-state index >= 15 is 0 Å². The van der Waals surface area contributed by atoms with Crippen LogP contribution in [0.5, 0.6) is 5.75 Å². The van der Waals surface area contributed by atoms with Crippen molar-refractivity contribution in [2.45, 2.75) is 25.3 Å². The van der Waals surface area contributed by atoms with Crippen molar-refractivity contribution < 1.29 is 9.90 Å². The average molecular weight is 385 g/mol. The molecule has 1 fully saturated rings. The topological polar surface area (TPSA) is 79.6 Å². The molecule has 7 heteroatoms. The number of halogens is 1. The van der Waals surface area contributed by atoms with Gasteiger partial charge in [0.25, 0.3) is 5.91 Å². The van der Waals surface area contributed by atoms with Gasteiger partial charge in [-0.25, -0.2) is 10.0 Å². The minimum absolute atomic E-state index is 0.163. The summed E-state index contributed by atoms with van der Waals surface area (Å²) in [4.78, 5) is 13.2. The SMILES string of the molecule is N#CN1CCCCN1C(=O)C(Cc1ccc(O)cc1)Nc1cccc(Cl)c1. The zero-order valence-electron chi connectivity index (χ0n) is 14.8. The van der Waals surface area contributed by atoms with E-state index in [4.69, 9.17) is 11.6 Å². The molecule has 1 amide bonds. The molecule has 2 N–H and O–H groups in total. The highest BCUT2D eigenvalue weighted by molar-refractivity contribution is 6.30. The molecule has 1 saturated heterocycles. The molecule has 2 aromatic carbocycles. The summed E-state index contributed by atoms with van der Waals surface area (Å²) in [6.07, 6.45) is 4.27. The van der Waals surface area contributed by atoms with Crippen molar-refractivity contribution in [1.82, 2.24) is 10.0 Å². The fraction of sp³-hybridized carbons (Fsp3) is 0.300. The number of rotatable bonds is 5. The van der Waals surface area contributed by atoms with Gasteiger partial charge in [-0.3, -0.25) is 4.79 Å². The molecule has 0 aromatic heterocycles. The number of nitrogens with zero attached hydrogens (tertiary/aromatic N) is 3. The van der Waals surface area contributed by atoms with E-state index in [1.807, 2.05) is 12.1 Å². The third-order valence-electron chi connectivity index (χ3n) is 4.49. The summed E-state index contributed by atoms with van der Waals surface area (Å²) in [5, 5.41) is 25.6. The van der Waals surface area contributed by atoms with E-state index in [0.717, 1.165) is 24.1 Å². The van der Waals surface area contributed by atoms with Crippen LogP contribution in [0.2, 0.25) is 5.02 Å². The highest BCUT2D eigenvalue weighted by Crippen LogP contribution is 2.20.